The summed E-state index contributed by atoms with van der Waals surface area (Å²) in [7, 11) is 2.74. The molecular weight excluding hydrogens is 188 g/mol. The largest absolute Gasteiger partial charge is 0.394 e. The van der Waals surface area contributed by atoms with Gasteiger partial charge < -0.3 is 9.74 Å². The second-order valence-corrected chi connectivity index (χ2v) is 2.92. The smallest absolute Gasteiger partial charge is 0.312 e. The average molecular weight is 204 g/mol. The van der Waals surface area contributed by atoms with E-state index in [0.29, 0.717) is 0 Å². The molecule has 0 saturated heterocycles. The zero-order valence-corrected chi connectivity index (χ0v) is 8.37. The van der Waals surface area contributed by atoms with Gasteiger partial charge in [-0.3, -0.25) is 9.11 Å². The molecule has 4 N–H and O–H groups in total. The molecule has 7 nitrogen and oxygen atoms in total. The van der Waals surface area contributed by atoms with Crippen LogP contribution in [0.5, 0.6) is 0 Å². The van der Waals surface area contributed by atoms with Crippen molar-refractivity contribution in [1.82, 2.24) is 4.90 Å². The summed E-state index contributed by atoms with van der Waals surface area (Å²) in [6, 6.07) is 0. The highest BCUT2D eigenvalue weighted by Crippen LogP contribution is 1.59. The van der Waals surface area contributed by atoms with Crippen molar-refractivity contribution in [2.45, 2.75) is 0 Å². The monoisotopic (exact) mass is 204 g/mol. The highest BCUT2D eigenvalue weighted by atomic mass is 32.3. The Bertz CT molecular complexity index is 144. The molecule has 0 saturated carbocycles. The molecule has 8 heteroatoms. The minimum absolute atomic E-state index is 1.40. The van der Waals surface area contributed by atoms with E-state index in [1.54, 1.807) is 0 Å². The Kier molecular flexibility index (Phi) is 15.9. The summed E-state index contributed by atoms with van der Waals surface area (Å²) in [6.07, 6.45) is 0. The Morgan fingerprint density at radius 1 is 1.25 bits per heavy atom. The summed E-state index contributed by atoms with van der Waals surface area (Å²) >= 11 is 0. The Morgan fingerprint density at radius 3 is 1.25 bits per heavy atom. The molecule has 0 aromatic rings. The van der Waals surface area contributed by atoms with Gasteiger partial charge in [0.2, 0.25) is 0 Å². The fourth-order valence-corrected chi connectivity index (χ4v) is 0. The lowest BCUT2D eigenvalue weighted by Gasteiger charge is -1.90. The van der Waals surface area contributed by atoms with Crippen LogP contribution in [-0.4, -0.2) is 50.7 Å². The van der Waals surface area contributed by atoms with Gasteiger partial charge in [-0.1, -0.05) is 0 Å². The molecule has 0 fully saturated rings. The number of nitrogens with two attached hydrogens (primary N) is 1. The summed E-state index contributed by atoms with van der Waals surface area (Å²) in [5.74, 6) is 4.35. The van der Waals surface area contributed by atoms with Gasteiger partial charge in [0, 0.05) is 0 Å². The topological polar surface area (TPSA) is 113 Å². The van der Waals surface area contributed by atoms with E-state index in [9.17, 15) is 0 Å². The van der Waals surface area contributed by atoms with Gasteiger partial charge in [0.25, 0.3) is 0 Å². The van der Waals surface area contributed by atoms with Crippen LogP contribution in [0, 0.1) is 0 Å². The van der Waals surface area contributed by atoms with Crippen LogP contribution in [0.2, 0.25) is 0 Å². The Morgan fingerprint density at radius 2 is 1.25 bits per heavy atom. The highest BCUT2D eigenvalue weighted by molar-refractivity contribution is 7.79. The predicted molar refractivity (Wildman–Crippen MR) is 45.0 cm³/mol. The number of nitrogens with zero attached hydrogens (tertiary/aromatic N) is 1. The van der Waals surface area contributed by atoms with Crippen LogP contribution in [-0.2, 0) is 15.2 Å². The zero-order chi connectivity index (χ0) is 10.8. The van der Waals surface area contributed by atoms with Gasteiger partial charge in [-0.2, -0.15) is 8.42 Å². The third-order valence-corrected chi connectivity index (χ3v) is 0. The van der Waals surface area contributed by atoms with E-state index in [1.165, 1.54) is 7.11 Å². The minimum atomic E-state index is -4.67. The standard InChI is InChI=1S/C3H9N.CH5NO.H2O4S/c1-4(2)3;1-3-2;1-5(2,3)4/h1-3H3;2H2,1H3;(H2,1,2,3,4). The molecule has 0 aliphatic carbocycles. The first-order valence-electron chi connectivity index (χ1n) is 2.68. The molecule has 0 unspecified atom stereocenters. The van der Waals surface area contributed by atoms with Crippen molar-refractivity contribution in [1.29, 1.82) is 0 Å². The van der Waals surface area contributed by atoms with Gasteiger partial charge in [0.15, 0.2) is 0 Å². The van der Waals surface area contributed by atoms with Crippen molar-refractivity contribution in [2.75, 3.05) is 28.3 Å². The van der Waals surface area contributed by atoms with Crippen molar-refractivity contribution >= 4 is 10.4 Å². The van der Waals surface area contributed by atoms with Gasteiger partial charge in [0.05, 0.1) is 7.11 Å². The Balaban J connectivity index is -0.000000105. The molecule has 0 heterocycles. The molecule has 0 radical (unpaired) electrons. The molecule has 0 atom stereocenters. The second-order valence-electron chi connectivity index (χ2n) is 2.03. The number of hydrogen-bond acceptors (Lipinski definition) is 5. The first-order valence-corrected chi connectivity index (χ1v) is 4.08. The van der Waals surface area contributed by atoms with E-state index in [-0.39, 0.29) is 0 Å². The van der Waals surface area contributed by atoms with Crippen molar-refractivity contribution in [3.63, 3.8) is 0 Å². The van der Waals surface area contributed by atoms with Crippen LogP contribution in [0.1, 0.15) is 0 Å². The van der Waals surface area contributed by atoms with E-state index in [1.807, 2.05) is 26.0 Å². The third-order valence-electron chi connectivity index (χ3n) is 0. The van der Waals surface area contributed by atoms with E-state index in [4.69, 9.17) is 17.5 Å². The van der Waals surface area contributed by atoms with Crippen LogP contribution in [0.15, 0.2) is 0 Å². The first kappa shape index (κ1) is 17.7. The van der Waals surface area contributed by atoms with Gasteiger partial charge in [-0.05, 0) is 21.1 Å². The van der Waals surface area contributed by atoms with Crippen LogP contribution >= 0.6 is 0 Å². The minimum Gasteiger partial charge on any atom is -0.312 e. The molecule has 78 valence electrons. The molecule has 0 aliphatic rings. The average Bonchev–Trinajstić information content (AvgIpc) is 1.56. The normalized spacial score (nSPS) is 9.33. The summed E-state index contributed by atoms with van der Waals surface area (Å²) in [5.41, 5.74) is 0. The van der Waals surface area contributed by atoms with E-state index < -0.39 is 10.4 Å². The van der Waals surface area contributed by atoms with Gasteiger partial charge in [-0.25, -0.2) is 5.90 Å². The van der Waals surface area contributed by atoms with E-state index >= 15 is 0 Å². The lowest BCUT2D eigenvalue weighted by atomic mass is 11.0. The third kappa shape index (κ3) is 11900. The quantitative estimate of drug-likeness (QED) is 0.343. The van der Waals surface area contributed by atoms with Crippen molar-refractivity contribution in [2.24, 2.45) is 5.90 Å². The predicted octanol–water partition coefficient (Wildman–Crippen LogP) is -0.968. The summed E-state index contributed by atoms with van der Waals surface area (Å²) < 4.78 is 31.6. The van der Waals surface area contributed by atoms with E-state index in [0.717, 1.165) is 0 Å². The second kappa shape index (κ2) is 10.8. The summed E-state index contributed by atoms with van der Waals surface area (Å²) in [6.45, 7) is 0. The van der Waals surface area contributed by atoms with Crippen LogP contribution in [0.3, 0.4) is 0 Å². The van der Waals surface area contributed by atoms with Crippen LogP contribution < -0.4 is 5.90 Å². The van der Waals surface area contributed by atoms with Crippen LogP contribution in [0.25, 0.3) is 0 Å². The highest BCUT2D eigenvalue weighted by Gasteiger charge is 1.84. The maximum absolute atomic E-state index is 8.74. The van der Waals surface area contributed by atoms with Crippen LogP contribution in [0.4, 0.5) is 0 Å². The van der Waals surface area contributed by atoms with Gasteiger partial charge in [0.1, 0.15) is 0 Å². The molecular formula is C4H16N2O5S. The lowest BCUT2D eigenvalue weighted by molar-refractivity contribution is 0.206. The molecule has 0 bridgehead atoms. The zero-order valence-electron chi connectivity index (χ0n) is 7.55. The molecule has 0 spiro atoms. The number of hydrogen-bond donors (Lipinski definition) is 3. The summed E-state index contributed by atoms with van der Waals surface area (Å²) in [5, 5.41) is 0. The van der Waals surface area contributed by atoms with E-state index in [2.05, 4.69) is 10.7 Å². The van der Waals surface area contributed by atoms with Gasteiger partial charge >= 0.3 is 10.4 Å². The molecule has 0 aromatic carbocycles. The molecule has 0 amide bonds. The molecule has 0 aromatic heterocycles. The van der Waals surface area contributed by atoms with Crippen molar-refractivity contribution in [3.05, 3.63) is 0 Å². The van der Waals surface area contributed by atoms with Gasteiger partial charge in [-0.15, -0.1) is 0 Å². The first-order chi connectivity index (χ1) is 5.15. The fourth-order valence-electron chi connectivity index (χ4n) is 0. The fraction of sp³-hybridized carbons (Fsp3) is 1.00. The molecule has 0 rings (SSSR count). The maximum atomic E-state index is 8.74. The summed E-state index contributed by atoms with van der Waals surface area (Å²) in [4.78, 5) is 5.75. The molecule has 12 heavy (non-hydrogen) atoms. The number of rotatable bonds is 0. The van der Waals surface area contributed by atoms with Crippen molar-refractivity contribution in [3.8, 4) is 0 Å². The SMILES string of the molecule is CN(C)C.CON.O=S(=O)(O)O. The Hall–Kier alpha value is -0.250. The lowest BCUT2D eigenvalue weighted by Crippen LogP contribution is -1.99. The van der Waals surface area contributed by atoms with Crippen molar-refractivity contribution < 1.29 is 22.4 Å². The Labute approximate surface area is 72.6 Å². The maximum Gasteiger partial charge on any atom is 0.394 e. The molecule has 0 aliphatic heterocycles.